The second kappa shape index (κ2) is 8.53. The Morgan fingerprint density at radius 3 is 2.60 bits per heavy atom. The zero-order valence-corrected chi connectivity index (χ0v) is 17.9. The maximum Gasteiger partial charge on any atom is 0.337 e. The fraction of sp³-hybridized carbons (Fsp3) is 0.500. The van der Waals surface area contributed by atoms with Gasteiger partial charge in [0.2, 0.25) is 5.79 Å². The van der Waals surface area contributed by atoms with Gasteiger partial charge in [-0.1, -0.05) is 24.7 Å². The van der Waals surface area contributed by atoms with Crippen LogP contribution in [0, 0.1) is 24.7 Å². The van der Waals surface area contributed by atoms with Crippen molar-refractivity contribution in [1.82, 2.24) is 0 Å². The maximum atomic E-state index is 11.9. The maximum absolute atomic E-state index is 11.9. The lowest BCUT2D eigenvalue weighted by molar-refractivity contribution is -0.207. The van der Waals surface area contributed by atoms with E-state index in [-0.39, 0.29) is 18.3 Å². The van der Waals surface area contributed by atoms with Crippen molar-refractivity contribution in [2.75, 3.05) is 0 Å². The first kappa shape index (κ1) is 21.9. The van der Waals surface area contributed by atoms with Gasteiger partial charge in [-0.05, 0) is 49.4 Å². The van der Waals surface area contributed by atoms with Crippen LogP contribution in [-0.2, 0) is 19.1 Å². The lowest BCUT2D eigenvalue weighted by atomic mass is 9.82. The monoisotopic (exact) mass is 412 g/mol. The van der Waals surface area contributed by atoms with E-state index in [2.05, 4.69) is 11.8 Å². The first-order valence-corrected chi connectivity index (χ1v) is 10.2. The molecule has 0 spiro atoms. The molecule has 0 aromatic heterocycles. The Bertz CT molecular complexity index is 927. The number of carbonyl (C=O) groups is 2. The second-order valence-electron chi connectivity index (χ2n) is 8.44. The van der Waals surface area contributed by atoms with E-state index in [1.165, 1.54) is 13.0 Å². The molecule has 1 atom stereocenters. The van der Waals surface area contributed by atoms with E-state index < -0.39 is 17.4 Å². The van der Waals surface area contributed by atoms with E-state index in [0.717, 1.165) is 31.2 Å². The molecule has 1 aromatic rings. The van der Waals surface area contributed by atoms with Gasteiger partial charge >= 0.3 is 11.9 Å². The van der Waals surface area contributed by atoms with Crippen LogP contribution in [0.2, 0.25) is 0 Å². The van der Waals surface area contributed by atoms with Crippen LogP contribution >= 0.6 is 0 Å². The van der Waals surface area contributed by atoms with Crippen LogP contribution in [-0.4, -0.2) is 28.4 Å². The van der Waals surface area contributed by atoms with Crippen molar-refractivity contribution in [1.29, 1.82) is 0 Å². The van der Waals surface area contributed by atoms with Gasteiger partial charge in [0.05, 0.1) is 6.08 Å². The molecule has 0 amide bonds. The minimum atomic E-state index is -1.32. The zero-order valence-electron chi connectivity index (χ0n) is 17.9. The molecule has 6 nitrogen and oxygen atoms in total. The molecular weight excluding hydrogens is 384 g/mol. The summed E-state index contributed by atoms with van der Waals surface area (Å²) < 4.78 is 16.1. The number of hydrogen-bond donors (Lipinski definition) is 1. The number of hydrogen-bond acceptors (Lipinski definition) is 6. The van der Waals surface area contributed by atoms with Gasteiger partial charge in [0, 0.05) is 32.8 Å². The summed E-state index contributed by atoms with van der Waals surface area (Å²) in [7, 11) is 0. The summed E-state index contributed by atoms with van der Waals surface area (Å²) in [5, 5.41) is 11.5. The number of carbonyl (C=O) groups excluding carboxylic acids is 2. The van der Waals surface area contributed by atoms with Crippen molar-refractivity contribution in [2.45, 2.75) is 71.2 Å². The minimum absolute atomic E-state index is 0.00280. The predicted molar refractivity (Wildman–Crippen MR) is 110 cm³/mol. The summed E-state index contributed by atoms with van der Waals surface area (Å²) in [5.74, 6) is 5.04. The first-order chi connectivity index (χ1) is 14.1. The van der Waals surface area contributed by atoms with Gasteiger partial charge < -0.3 is 19.3 Å². The number of aliphatic hydroxyl groups is 1. The number of benzene rings is 1. The molecule has 1 aliphatic carbocycles. The van der Waals surface area contributed by atoms with Crippen molar-refractivity contribution in [3.63, 3.8) is 0 Å². The van der Waals surface area contributed by atoms with Gasteiger partial charge in [-0.15, -0.1) is 0 Å². The zero-order chi connectivity index (χ0) is 21.9. The van der Waals surface area contributed by atoms with Gasteiger partial charge in [-0.2, -0.15) is 0 Å². The highest BCUT2D eigenvalue weighted by Gasteiger charge is 2.41. The topological polar surface area (TPSA) is 82.1 Å². The molecule has 1 saturated carbocycles. The molecule has 1 fully saturated rings. The third-order valence-corrected chi connectivity index (χ3v) is 5.33. The van der Waals surface area contributed by atoms with Crippen LogP contribution in [0.3, 0.4) is 0 Å². The summed E-state index contributed by atoms with van der Waals surface area (Å²) in [5.41, 5.74) is 0.167. The highest BCUT2D eigenvalue weighted by Crippen LogP contribution is 2.39. The highest BCUT2D eigenvalue weighted by molar-refractivity contribution is 5.83. The number of esters is 2. The van der Waals surface area contributed by atoms with Gasteiger partial charge in [-0.3, -0.25) is 4.79 Å². The fourth-order valence-corrected chi connectivity index (χ4v) is 3.99. The fourth-order valence-electron chi connectivity index (χ4n) is 3.99. The number of ether oxygens (including phenoxy) is 3. The average Bonchev–Trinajstić information content (AvgIpc) is 3.15. The Hall–Kier alpha value is -2.78. The van der Waals surface area contributed by atoms with E-state index in [9.17, 15) is 14.7 Å². The van der Waals surface area contributed by atoms with E-state index in [1.54, 1.807) is 26.0 Å². The number of aryl methyl sites for hydroxylation is 1. The van der Waals surface area contributed by atoms with Crippen LogP contribution in [0.1, 0.15) is 64.0 Å². The molecule has 30 heavy (non-hydrogen) atoms. The number of rotatable bonds is 4. The second-order valence-corrected chi connectivity index (χ2v) is 8.44. The van der Waals surface area contributed by atoms with Gasteiger partial charge in [-0.25, -0.2) is 4.79 Å². The molecule has 2 aliphatic rings. The Balaban J connectivity index is 1.87. The molecule has 1 N–H and O–H groups in total. The third kappa shape index (κ3) is 5.43. The van der Waals surface area contributed by atoms with Crippen molar-refractivity contribution in [3.05, 3.63) is 41.2 Å². The van der Waals surface area contributed by atoms with Gasteiger partial charge in [0.15, 0.2) is 0 Å². The Morgan fingerprint density at radius 1 is 1.30 bits per heavy atom. The van der Waals surface area contributed by atoms with Crippen LogP contribution in [0.5, 0.6) is 5.75 Å². The molecule has 1 aliphatic heterocycles. The van der Waals surface area contributed by atoms with Crippen LogP contribution in [0.4, 0.5) is 0 Å². The third-order valence-electron chi connectivity index (χ3n) is 5.33. The molecule has 0 radical (unpaired) electrons. The smallest absolute Gasteiger partial charge is 0.337 e. The number of cyclic esters (lactones) is 1. The van der Waals surface area contributed by atoms with Crippen molar-refractivity contribution < 1.29 is 28.9 Å². The minimum Gasteiger partial charge on any atom is -0.457 e. The molecule has 3 rings (SSSR count). The van der Waals surface area contributed by atoms with Crippen LogP contribution in [0.25, 0.3) is 0 Å². The van der Waals surface area contributed by atoms with E-state index in [0.29, 0.717) is 17.1 Å². The highest BCUT2D eigenvalue weighted by atomic mass is 16.7. The quantitative estimate of drug-likeness (QED) is 0.460. The van der Waals surface area contributed by atoms with Crippen molar-refractivity contribution in [3.8, 4) is 17.6 Å². The average molecular weight is 412 g/mol. The summed E-state index contributed by atoms with van der Waals surface area (Å²) in [6.45, 7) is 6.51. The summed E-state index contributed by atoms with van der Waals surface area (Å²) >= 11 is 0. The summed E-state index contributed by atoms with van der Waals surface area (Å²) in [6.07, 6.45) is 5.22. The summed E-state index contributed by atoms with van der Waals surface area (Å²) in [4.78, 5) is 23.1. The molecular formula is C24H28O6. The Kier molecular flexibility index (Phi) is 6.23. The molecule has 160 valence electrons. The SMILES string of the molecule is CC(=O)Oc1ccc(C#CC(O)(CC2=CC(=O)OC(C)(C)O2)C2CCCC2)cc1C. The molecule has 6 heteroatoms. The lowest BCUT2D eigenvalue weighted by Crippen LogP contribution is -2.40. The largest absolute Gasteiger partial charge is 0.457 e. The first-order valence-electron chi connectivity index (χ1n) is 10.2. The van der Waals surface area contributed by atoms with Crippen LogP contribution < -0.4 is 4.74 Å². The molecule has 1 heterocycles. The van der Waals surface area contributed by atoms with Gasteiger partial charge in [0.25, 0.3) is 0 Å². The molecule has 1 unspecified atom stereocenters. The summed E-state index contributed by atoms with van der Waals surface area (Å²) in [6, 6.07) is 5.27. The Morgan fingerprint density at radius 2 is 2.00 bits per heavy atom. The van der Waals surface area contributed by atoms with E-state index >= 15 is 0 Å². The predicted octanol–water partition coefficient (Wildman–Crippen LogP) is 3.78. The Labute approximate surface area is 177 Å². The molecule has 0 saturated heterocycles. The lowest BCUT2D eigenvalue weighted by Gasteiger charge is -2.35. The van der Waals surface area contributed by atoms with E-state index in [1.807, 2.05) is 13.0 Å². The van der Waals surface area contributed by atoms with Crippen LogP contribution in [0.15, 0.2) is 30.0 Å². The van der Waals surface area contributed by atoms with Crippen molar-refractivity contribution in [2.24, 2.45) is 5.92 Å². The molecule has 0 bridgehead atoms. The van der Waals surface area contributed by atoms with E-state index in [4.69, 9.17) is 14.2 Å². The molecule has 1 aromatic carbocycles. The standard InChI is InChI=1S/C24H28O6/c1-16-13-18(9-10-21(16)28-17(2)25)11-12-24(27,19-7-5-6-8-19)15-20-14-22(26)30-23(3,4)29-20/h9-10,13-14,19,27H,5-8,15H2,1-4H3. The normalized spacial score (nSPS) is 20.2. The van der Waals surface area contributed by atoms with Gasteiger partial charge in [0.1, 0.15) is 17.1 Å². The van der Waals surface area contributed by atoms with Crippen molar-refractivity contribution >= 4 is 11.9 Å².